The van der Waals surface area contributed by atoms with Crippen molar-refractivity contribution in [2.75, 3.05) is 31.1 Å². The molecule has 1 spiro atoms. The highest BCUT2D eigenvalue weighted by atomic mass is 19.4. The molecule has 0 saturated carbocycles. The quantitative estimate of drug-likeness (QED) is 0.908. The Morgan fingerprint density at radius 2 is 2.13 bits per heavy atom. The summed E-state index contributed by atoms with van der Waals surface area (Å²) in [5, 5.41) is 7.90. The molecule has 1 unspecified atom stereocenters. The molecule has 6 nitrogen and oxygen atoms in total. The summed E-state index contributed by atoms with van der Waals surface area (Å²) in [6.45, 7) is 2.63. The molecule has 0 amide bonds. The third-order valence-corrected chi connectivity index (χ3v) is 4.75. The van der Waals surface area contributed by atoms with Crippen molar-refractivity contribution in [2.24, 2.45) is 5.41 Å². The van der Waals surface area contributed by atoms with E-state index in [1.165, 1.54) is 12.5 Å². The molecule has 9 heteroatoms. The Morgan fingerprint density at radius 3 is 2.87 bits per heavy atom. The molecule has 1 atom stereocenters. The summed E-state index contributed by atoms with van der Waals surface area (Å²) in [6.07, 6.45) is 0.673. The summed E-state index contributed by atoms with van der Waals surface area (Å²) in [5.41, 5.74) is 0.573. The fourth-order valence-electron chi connectivity index (χ4n) is 3.65. The Kier molecular flexibility index (Phi) is 3.22. The van der Waals surface area contributed by atoms with Crippen molar-refractivity contribution in [1.82, 2.24) is 25.1 Å². The molecule has 2 aromatic rings. The highest BCUT2D eigenvalue weighted by Crippen LogP contribution is 2.39. The van der Waals surface area contributed by atoms with Crippen molar-refractivity contribution in [1.29, 1.82) is 0 Å². The van der Waals surface area contributed by atoms with Gasteiger partial charge in [0.1, 0.15) is 18.7 Å². The van der Waals surface area contributed by atoms with Gasteiger partial charge in [0.15, 0.2) is 5.65 Å². The molecule has 2 aliphatic rings. The zero-order chi connectivity index (χ0) is 16.1. The maximum atomic E-state index is 12.6. The molecule has 2 aromatic heterocycles. The number of aromatic nitrogens is 4. The molecule has 0 bridgehead atoms. The van der Waals surface area contributed by atoms with Gasteiger partial charge in [0, 0.05) is 31.2 Å². The van der Waals surface area contributed by atoms with Crippen molar-refractivity contribution in [3.05, 3.63) is 12.5 Å². The Balaban J connectivity index is 1.65. The van der Waals surface area contributed by atoms with Crippen LogP contribution in [-0.2, 0) is 6.54 Å². The summed E-state index contributed by atoms with van der Waals surface area (Å²) >= 11 is 0. The zero-order valence-corrected chi connectivity index (χ0v) is 12.5. The number of fused-ring (bicyclic) bond motifs is 1. The lowest BCUT2D eigenvalue weighted by Crippen LogP contribution is -2.29. The number of nitrogens with one attached hydrogen (secondary N) is 1. The second-order valence-electron chi connectivity index (χ2n) is 6.47. The van der Waals surface area contributed by atoms with Gasteiger partial charge in [-0.1, -0.05) is 0 Å². The first-order chi connectivity index (χ1) is 10.9. The molecule has 23 heavy (non-hydrogen) atoms. The minimum atomic E-state index is -4.30. The van der Waals surface area contributed by atoms with Crippen LogP contribution in [0.2, 0.25) is 0 Å². The summed E-state index contributed by atoms with van der Waals surface area (Å²) < 4.78 is 38.6. The standard InChI is InChI=1S/C14H17F3N6/c15-14(16,17)8-23-5-10-11(21-23)19-9-20-12(10)22-4-2-13(7-22)1-3-18-6-13/h5,9,18H,1-4,6-8H2. The van der Waals surface area contributed by atoms with Gasteiger partial charge in [0.2, 0.25) is 0 Å². The largest absolute Gasteiger partial charge is 0.408 e. The molecule has 124 valence electrons. The van der Waals surface area contributed by atoms with Crippen LogP contribution in [-0.4, -0.2) is 52.1 Å². The Labute approximate surface area is 130 Å². The van der Waals surface area contributed by atoms with Crippen LogP contribution < -0.4 is 10.2 Å². The average Bonchev–Trinajstić information content (AvgIpc) is 3.17. The van der Waals surface area contributed by atoms with E-state index < -0.39 is 12.7 Å². The lowest BCUT2D eigenvalue weighted by molar-refractivity contribution is -0.142. The summed E-state index contributed by atoms with van der Waals surface area (Å²) in [6, 6.07) is 0. The van der Waals surface area contributed by atoms with E-state index >= 15 is 0 Å². The third kappa shape index (κ3) is 2.73. The second-order valence-corrected chi connectivity index (χ2v) is 6.47. The minimum absolute atomic E-state index is 0.263. The number of halogens is 3. The zero-order valence-electron chi connectivity index (χ0n) is 12.5. The fourth-order valence-corrected chi connectivity index (χ4v) is 3.65. The van der Waals surface area contributed by atoms with Crippen molar-refractivity contribution in [3.63, 3.8) is 0 Å². The van der Waals surface area contributed by atoms with Crippen molar-refractivity contribution < 1.29 is 13.2 Å². The van der Waals surface area contributed by atoms with Crippen molar-refractivity contribution in [2.45, 2.75) is 25.6 Å². The van der Waals surface area contributed by atoms with E-state index in [-0.39, 0.29) is 5.41 Å². The van der Waals surface area contributed by atoms with Crippen molar-refractivity contribution in [3.8, 4) is 0 Å². The summed E-state index contributed by atoms with van der Waals surface area (Å²) in [5.74, 6) is 0.687. The maximum Gasteiger partial charge on any atom is 0.408 e. The normalized spacial score (nSPS) is 25.1. The van der Waals surface area contributed by atoms with Crippen LogP contribution in [0.15, 0.2) is 12.5 Å². The van der Waals surface area contributed by atoms with Gasteiger partial charge in [-0.3, -0.25) is 4.68 Å². The van der Waals surface area contributed by atoms with E-state index in [2.05, 4.69) is 25.3 Å². The number of nitrogens with zero attached hydrogens (tertiary/aromatic N) is 5. The van der Waals surface area contributed by atoms with Crippen LogP contribution in [0.25, 0.3) is 11.0 Å². The van der Waals surface area contributed by atoms with Gasteiger partial charge in [0.25, 0.3) is 0 Å². The van der Waals surface area contributed by atoms with E-state index in [1.54, 1.807) is 0 Å². The highest BCUT2D eigenvalue weighted by molar-refractivity contribution is 5.86. The van der Waals surface area contributed by atoms with Crippen LogP contribution in [0.3, 0.4) is 0 Å². The molecule has 0 aliphatic carbocycles. The monoisotopic (exact) mass is 326 g/mol. The topological polar surface area (TPSA) is 58.9 Å². The fraction of sp³-hybridized carbons (Fsp3) is 0.643. The molecule has 4 rings (SSSR count). The van der Waals surface area contributed by atoms with Crippen LogP contribution in [0.5, 0.6) is 0 Å². The second kappa shape index (κ2) is 5.05. The molecule has 4 heterocycles. The first-order valence-corrected chi connectivity index (χ1v) is 7.65. The summed E-state index contributed by atoms with van der Waals surface area (Å²) in [7, 11) is 0. The highest BCUT2D eigenvalue weighted by Gasteiger charge is 2.41. The average molecular weight is 326 g/mol. The van der Waals surface area contributed by atoms with Gasteiger partial charge in [-0.25, -0.2) is 9.97 Å². The van der Waals surface area contributed by atoms with E-state index in [1.807, 2.05) is 0 Å². The lowest BCUT2D eigenvalue weighted by Gasteiger charge is -2.23. The number of alkyl halides is 3. The van der Waals surface area contributed by atoms with Gasteiger partial charge >= 0.3 is 6.18 Å². The van der Waals surface area contributed by atoms with Crippen molar-refractivity contribution >= 4 is 16.9 Å². The molecular weight excluding hydrogens is 309 g/mol. The predicted octanol–water partition coefficient (Wildman–Crippen LogP) is 1.58. The van der Waals surface area contributed by atoms with Crippen LogP contribution >= 0.6 is 0 Å². The van der Waals surface area contributed by atoms with Gasteiger partial charge in [-0.15, -0.1) is 0 Å². The maximum absolute atomic E-state index is 12.6. The summed E-state index contributed by atoms with van der Waals surface area (Å²) in [4.78, 5) is 10.5. The lowest BCUT2D eigenvalue weighted by atomic mass is 9.87. The van der Waals surface area contributed by atoms with Gasteiger partial charge in [-0.05, 0) is 19.4 Å². The van der Waals surface area contributed by atoms with E-state index in [4.69, 9.17) is 0 Å². The van der Waals surface area contributed by atoms with Crippen LogP contribution in [0, 0.1) is 5.41 Å². The molecule has 2 saturated heterocycles. The molecule has 2 aliphatic heterocycles. The number of hydrogen-bond acceptors (Lipinski definition) is 5. The number of rotatable bonds is 2. The Bertz CT molecular complexity index is 719. The van der Waals surface area contributed by atoms with E-state index in [0.717, 1.165) is 43.7 Å². The predicted molar refractivity (Wildman–Crippen MR) is 78.1 cm³/mol. The Morgan fingerprint density at radius 1 is 1.26 bits per heavy atom. The molecule has 0 aromatic carbocycles. The third-order valence-electron chi connectivity index (χ3n) is 4.75. The van der Waals surface area contributed by atoms with E-state index in [0.29, 0.717) is 16.9 Å². The van der Waals surface area contributed by atoms with Gasteiger partial charge < -0.3 is 10.2 Å². The molecular formula is C14H17F3N6. The minimum Gasteiger partial charge on any atom is -0.355 e. The first kappa shape index (κ1) is 14.7. The molecule has 0 radical (unpaired) electrons. The van der Waals surface area contributed by atoms with Gasteiger partial charge in [-0.2, -0.15) is 18.3 Å². The van der Waals surface area contributed by atoms with Gasteiger partial charge in [0.05, 0.1) is 5.39 Å². The molecule has 1 N–H and O–H groups in total. The smallest absolute Gasteiger partial charge is 0.355 e. The number of anilines is 1. The number of hydrogen-bond donors (Lipinski definition) is 1. The first-order valence-electron chi connectivity index (χ1n) is 7.65. The molecule has 2 fully saturated rings. The van der Waals surface area contributed by atoms with E-state index in [9.17, 15) is 13.2 Å². The Hall–Kier alpha value is -1.90. The van der Waals surface area contributed by atoms with Crippen LogP contribution in [0.4, 0.5) is 19.0 Å². The van der Waals surface area contributed by atoms with Crippen LogP contribution in [0.1, 0.15) is 12.8 Å². The SMILES string of the molecule is FC(F)(F)Cn1cc2c(N3CCC4(CCNC4)C3)ncnc2n1.